The van der Waals surface area contributed by atoms with Crippen molar-refractivity contribution in [2.45, 2.75) is 50.9 Å². The Bertz CT molecular complexity index is 556. The van der Waals surface area contributed by atoms with Crippen molar-refractivity contribution in [3.05, 3.63) is 17.0 Å². The van der Waals surface area contributed by atoms with Gasteiger partial charge in [0.05, 0.1) is 0 Å². The van der Waals surface area contributed by atoms with E-state index in [2.05, 4.69) is 5.10 Å². The van der Waals surface area contributed by atoms with Gasteiger partial charge >= 0.3 is 6.18 Å². The smallest absolute Gasteiger partial charge is 0.384 e. The number of nitrogens with zero attached hydrogens (tertiary/aromatic N) is 2. The summed E-state index contributed by atoms with van der Waals surface area (Å²) < 4.78 is 72.5. The number of ether oxygens (including phenoxy) is 1. The van der Waals surface area contributed by atoms with Crippen molar-refractivity contribution >= 4 is 0 Å². The maximum atomic E-state index is 13.6. The van der Waals surface area contributed by atoms with Gasteiger partial charge in [0, 0.05) is 37.9 Å². The monoisotopic (exact) mass is 342 g/mol. The van der Waals surface area contributed by atoms with Crippen molar-refractivity contribution in [1.29, 1.82) is 0 Å². The molecule has 1 N–H and O–H groups in total. The predicted molar refractivity (Wildman–Crippen MR) is 71.1 cm³/mol. The molecule has 0 saturated heterocycles. The number of aromatic nitrogens is 2. The van der Waals surface area contributed by atoms with Crippen molar-refractivity contribution in [3.8, 4) is 0 Å². The molecule has 4 nitrogen and oxygen atoms in total. The molecule has 0 spiro atoms. The first-order valence-electron chi connectivity index (χ1n) is 7.29. The topological polar surface area (TPSA) is 47.3 Å². The lowest BCUT2D eigenvalue weighted by Crippen LogP contribution is -2.33. The van der Waals surface area contributed by atoms with Gasteiger partial charge in [0.1, 0.15) is 6.10 Å². The van der Waals surface area contributed by atoms with Crippen LogP contribution in [-0.2, 0) is 23.9 Å². The standard InChI is InChI=1S/C14H19F5N2O2/c1-8(7-23-2)4-6-21-9-3-5-13(15,16)12(22)10(9)11(20-21)14(17,18)19/h8,12,22H,3-7H2,1-2H3. The molecule has 9 heteroatoms. The summed E-state index contributed by atoms with van der Waals surface area (Å²) in [5.74, 6) is -3.49. The van der Waals surface area contributed by atoms with Crippen LogP contribution >= 0.6 is 0 Å². The Hall–Kier alpha value is -1.22. The molecule has 23 heavy (non-hydrogen) atoms. The highest BCUT2D eigenvalue weighted by atomic mass is 19.4. The number of methoxy groups -OCH3 is 1. The van der Waals surface area contributed by atoms with Gasteiger partial charge in [-0.1, -0.05) is 6.92 Å². The molecule has 0 bridgehead atoms. The molecule has 1 aliphatic rings. The average molecular weight is 342 g/mol. The lowest BCUT2D eigenvalue weighted by Gasteiger charge is -2.28. The normalized spacial score (nSPS) is 22.0. The van der Waals surface area contributed by atoms with Crippen molar-refractivity contribution in [2.75, 3.05) is 13.7 Å². The fourth-order valence-corrected chi connectivity index (χ4v) is 2.80. The molecule has 0 radical (unpaired) electrons. The van der Waals surface area contributed by atoms with Crippen LogP contribution in [0, 0.1) is 5.92 Å². The average Bonchev–Trinajstić information content (AvgIpc) is 2.80. The summed E-state index contributed by atoms with van der Waals surface area (Å²) in [4.78, 5) is 0. The predicted octanol–water partition coefficient (Wildman–Crippen LogP) is 3.19. The minimum atomic E-state index is -4.89. The number of fused-ring (bicyclic) bond motifs is 1. The molecule has 1 heterocycles. The van der Waals surface area contributed by atoms with E-state index in [0.717, 1.165) is 4.68 Å². The molecule has 1 aliphatic carbocycles. The van der Waals surface area contributed by atoms with Crippen LogP contribution in [0.5, 0.6) is 0 Å². The summed E-state index contributed by atoms with van der Waals surface area (Å²) in [7, 11) is 1.52. The Morgan fingerprint density at radius 2 is 2.09 bits per heavy atom. The molecule has 0 amide bonds. The lowest BCUT2D eigenvalue weighted by atomic mass is 9.89. The third-order valence-electron chi connectivity index (χ3n) is 4.02. The van der Waals surface area contributed by atoms with Crippen molar-refractivity contribution < 1.29 is 31.8 Å². The second-order valence-electron chi connectivity index (χ2n) is 5.94. The van der Waals surface area contributed by atoms with Crippen molar-refractivity contribution in [2.24, 2.45) is 5.92 Å². The maximum Gasteiger partial charge on any atom is 0.435 e. The molecule has 2 rings (SSSR count). The number of aliphatic hydroxyl groups excluding tert-OH is 1. The van der Waals surface area contributed by atoms with Crippen LogP contribution in [0.2, 0.25) is 0 Å². The highest BCUT2D eigenvalue weighted by Gasteiger charge is 2.51. The van der Waals surface area contributed by atoms with Gasteiger partial charge < -0.3 is 9.84 Å². The van der Waals surface area contributed by atoms with Gasteiger partial charge in [-0.3, -0.25) is 4.68 Å². The van der Waals surface area contributed by atoms with Gasteiger partial charge in [-0.15, -0.1) is 0 Å². The first-order chi connectivity index (χ1) is 10.6. The highest BCUT2D eigenvalue weighted by molar-refractivity contribution is 5.35. The summed E-state index contributed by atoms with van der Waals surface area (Å²) in [6, 6.07) is 0. The Morgan fingerprint density at radius 1 is 1.43 bits per heavy atom. The molecule has 0 aromatic carbocycles. The molecule has 1 aromatic rings. The van der Waals surface area contributed by atoms with Crippen molar-refractivity contribution in [3.63, 3.8) is 0 Å². The van der Waals surface area contributed by atoms with E-state index in [4.69, 9.17) is 4.74 Å². The van der Waals surface area contributed by atoms with E-state index in [1.54, 1.807) is 0 Å². The van der Waals surface area contributed by atoms with Crippen LogP contribution in [0.1, 0.15) is 42.8 Å². The number of rotatable bonds is 5. The summed E-state index contributed by atoms with van der Waals surface area (Å²) >= 11 is 0. The molecular weight excluding hydrogens is 323 g/mol. The van der Waals surface area contributed by atoms with Gasteiger partial charge in [0.15, 0.2) is 5.69 Å². The first-order valence-corrected chi connectivity index (χ1v) is 7.29. The maximum absolute atomic E-state index is 13.6. The molecule has 0 fully saturated rings. The highest BCUT2D eigenvalue weighted by Crippen LogP contribution is 2.46. The third kappa shape index (κ3) is 3.65. The summed E-state index contributed by atoms with van der Waals surface area (Å²) in [6.07, 6.45) is -7.82. The Labute approximate surface area is 130 Å². The molecule has 132 valence electrons. The van der Waals surface area contributed by atoms with E-state index in [0.29, 0.717) is 13.0 Å². The minimum absolute atomic E-state index is 0.0420. The van der Waals surface area contributed by atoms with Crippen LogP contribution in [-0.4, -0.2) is 34.5 Å². The fourth-order valence-electron chi connectivity index (χ4n) is 2.80. The molecule has 2 unspecified atom stereocenters. The molecule has 0 aliphatic heterocycles. The zero-order valence-electron chi connectivity index (χ0n) is 12.8. The van der Waals surface area contributed by atoms with E-state index >= 15 is 0 Å². The van der Waals surface area contributed by atoms with Gasteiger partial charge in [0.2, 0.25) is 0 Å². The second-order valence-corrected chi connectivity index (χ2v) is 5.94. The SMILES string of the molecule is COCC(C)CCn1nc(C(F)(F)F)c2c1CCC(F)(F)C2O. The van der Waals surface area contributed by atoms with Crippen LogP contribution in [0.3, 0.4) is 0 Å². The van der Waals surface area contributed by atoms with Crippen LogP contribution in [0.25, 0.3) is 0 Å². The van der Waals surface area contributed by atoms with E-state index in [-0.39, 0.29) is 24.6 Å². The van der Waals surface area contributed by atoms with Gasteiger partial charge in [0.25, 0.3) is 5.92 Å². The van der Waals surface area contributed by atoms with E-state index in [1.807, 2.05) is 6.92 Å². The number of aliphatic hydroxyl groups is 1. The summed E-state index contributed by atoms with van der Waals surface area (Å²) in [6.45, 7) is 2.46. The van der Waals surface area contributed by atoms with Crippen LogP contribution in [0.15, 0.2) is 0 Å². The number of hydrogen-bond acceptors (Lipinski definition) is 3. The summed E-state index contributed by atoms with van der Waals surface area (Å²) in [5, 5.41) is 13.2. The molecule has 1 aromatic heterocycles. The third-order valence-corrected chi connectivity index (χ3v) is 4.02. The zero-order chi connectivity index (χ0) is 17.4. The number of alkyl halides is 5. The Morgan fingerprint density at radius 3 is 2.65 bits per heavy atom. The largest absolute Gasteiger partial charge is 0.435 e. The lowest BCUT2D eigenvalue weighted by molar-refractivity contribution is -0.150. The zero-order valence-corrected chi connectivity index (χ0v) is 12.8. The van der Waals surface area contributed by atoms with Gasteiger partial charge in [-0.05, 0) is 18.8 Å². The number of hydrogen-bond donors (Lipinski definition) is 1. The second kappa shape index (κ2) is 6.35. The van der Waals surface area contributed by atoms with Gasteiger partial charge in [-0.25, -0.2) is 8.78 Å². The molecule has 0 saturated carbocycles. The van der Waals surface area contributed by atoms with Crippen LogP contribution < -0.4 is 0 Å². The van der Waals surface area contributed by atoms with Crippen molar-refractivity contribution in [1.82, 2.24) is 9.78 Å². The fraction of sp³-hybridized carbons (Fsp3) is 0.786. The summed E-state index contributed by atoms with van der Waals surface area (Å²) in [5.41, 5.74) is -2.16. The number of aryl methyl sites for hydroxylation is 1. The van der Waals surface area contributed by atoms with Crippen LogP contribution in [0.4, 0.5) is 22.0 Å². The Kier molecular flexibility index (Phi) is 5.00. The Balaban J connectivity index is 2.36. The van der Waals surface area contributed by atoms with E-state index in [9.17, 15) is 27.1 Å². The number of halogens is 5. The molecule has 2 atom stereocenters. The molecular formula is C14H19F5N2O2. The van der Waals surface area contributed by atoms with E-state index < -0.39 is 35.9 Å². The quantitative estimate of drug-likeness (QED) is 0.836. The van der Waals surface area contributed by atoms with E-state index in [1.165, 1.54) is 7.11 Å². The van der Waals surface area contributed by atoms with Gasteiger partial charge in [-0.2, -0.15) is 18.3 Å². The minimum Gasteiger partial charge on any atom is -0.384 e. The first kappa shape index (κ1) is 18.1.